The lowest BCUT2D eigenvalue weighted by Gasteiger charge is -2.03. The van der Waals surface area contributed by atoms with Gasteiger partial charge in [0.1, 0.15) is 7.40 Å². The second-order valence-corrected chi connectivity index (χ2v) is 4.98. The van der Waals surface area contributed by atoms with E-state index in [4.69, 9.17) is 0 Å². The van der Waals surface area contributed by atoms with Gasteiger partial charge in [-0.15, -0.1) is 0 Å². The third kappa shape index (κ3) is 2.28. The van der Waals surface area contributed by atoms with Crippen LogP contribution < -0.4 is 0 Å². The molecule has 0 aliphatic rings. The molecule has 2 rings (SSSR count). The maximum atomic E-state index is 4.25. The normalized spacial score (nSPS) is 10.4. The molecular weight excluding hydrogens is 402 g/mol. The fourth-order valence-electron chi connectivity index (χ4n) is 1.23. The first kappa shape index (κ1) is 10.4. The molecule has 1 aromatic carbocycles. The van der Waals surface area contributed by atoms with Crippen molar-refractivity contribution in [3.8, 4) is 0 Å². The molecule has 0 N–H and O–H groups in total. The van der Waals surface area contributed by atoms with Gasteiger partial charge in [0, 0.05) is 6.54 Å². The van der Waals surface area contributed by atoms with Crippen molar-refractivity contribution in [1.29, 1.82) is 0 Å². The molecule has 0 atom stereocenters. The molecule has 0 radical (unpaired) electrons. The molecule has 1 heterocycles. The number of hydrogen-bond acceptors (Lipinski definition) is 1. The number of benzene rings is 1. The van der Waals surface area contributed by atoms with Gasteiger partial charge in [0.25, 0.3) is 0 Å². The van der Waals surface area contributed by atoms with Crippen LogP contribution >= 0.6 is 45.2 Å². The Morgan fingerprint density at radius 2 is 1.86 bits per heavy atom. The molecule has 72 valence electrons. The van der Waals surface area contributed by atoms with Gasteiger partial charge < -0.3 is 4.57 Å². The molecule has 0 spiro atoms. The van der Waals surface area contributed by atoms with E-state index in [1.807, 2.05) is 12.4 Å². The van der Waals surface area contributed by atoms with E-state index in [0.717, 1.165) is 10.2 Å². The third-order valence-electron chi connectivity index (χ3n) is 1.93. The van der Waals surface area contributed by atoms with E-state index in [2.05, 4.69) is 79.0 Å². The molecule has 0 fully saturated rings. The predicted molar refractivity (Wildman–Crippen MR) is 73.2 cm³/mol. The van der Waals surface area contributed by atoms with E-state index in [9.17, 15) is 0 Å². The van der Waals surface area contributed by atoms with Crippen molar-refractivity contribution in [2.75, 3.05) is 0 Å². The lowest BCUT2D eigenvalue weighted by Crippen LogP contribution is -2.00. The summed E-state index contributed by atoms with van der Waals surface area (Å²) in [5.41, 5.74) is 1.30. The summed E-state index contributed by atoms with van der Waals surface area (Å²) in [6, 6.07) is 10.4. The Labute approximate surface area is 110 Å². The average Bonchev–Trinajstić information content (AvgIpc) is 2.52. The second kappa shape index (κ2) is 4.61. The Morgan fingerprint density at radius 1 is 1.14 bits per heavy atom. The van der Waals surface area contributed by atoms with Crippen LogP contribution in [0.15, 0.2) is 36.7 Å². The highest BCUT2D eigenvalue weighted by Crippen LogP contribution is 2.14. The van der Waals surface area contributed by atoms with Crippen molar-refractivity contribution in [1.82, 2.24) is 9.55 Å². The molecule has 0 bridgehead atoms. The summed E-state index contributed by atoms with van der Waals surface area (Å²) in [5.74, 6) is 0. The molecule has 2 aromatic rings. The lowest BCUT2D eigenvalue weighted by atomic mass is 10.2. The highest BCUT2D eigenvalue weighted by Gasteiger charge is 2.04. The smallest absolute Gasteiger partial charge is 0.132 e. The minimum absolute atomic E-state index is 0.898. The number of hydrogen-bond donors (Lipinski definition) is 0. The number of imidazole rings is 1. The standard InChI is InChI=1S/C10H8I2N2/c11-9-10(12)14(7-13-9)6-8-4-2-1-3-5-8/h1-5,7H,6H2. The van der Waals surface area contributed by atoms with Gasteiger partial charge in [0.05, 0.1) is 6.33 Å². The first-order chi connectivity index (χ1) is 6.77. The summed E-state index contributed by atoms with van der Waals surface area (Å²) < 4.78 is 4.42. The summed E-state index contributed by atoms with van der Waals surface area (Å²) in [7, 11) is 0. The van der Waals surface area contributed by atoms with Gasteiger partial charge in [0.15, 0.2) is 0 Å². The van der Waals surface area contributed by atoms with Crippen molar-refractivity contribution in [3.63, 3.8) is 0 Å². The van der Waals surface area contributed by atoms with Crippen molar-refractivity contribution < 1.29 is 0 Å². The molecule has 0 saturated heterocycles. The van der Waals surface area contributed by atoms with Gasteiger partial charge in [-0.05, 0) is 50.7 Å². The van der Waals surface area contributed by atoms with Crippen molar-refractivity contribution in [3.05, 3.63) is 49.6 Å². The van der Waals surface area contributed by atoms with Gasteiger partial charge in [-0.1, -0.05) is 30.3 Å². The summed E-state index contributed by atoms with van der Waals surface area (Å²) in [4.78, 5) is 4.25. The van der Waals surface area contributed by atoms with E-state index < -0.39 is 0 Å². The lowest BCUT2D eigenvalue weighted by molar-refractivity contribution is 0.777. The molecule has 4 heteroatoms. The quantitative estimate of drug-likeness (QED) is 0.697. The zero-order valence-corrected chi connectivity index (χ0v) is 11.6. The fraction of sp³-hybridized carbons (Fsp3) is 0.100. The highest BCUT2D eigenvalue weighted by molar-refractivity contribution is 14.1. The summed E-state index contributed by atoms with van der Waals surface area (Å²) >= 11 is 4.57. The Kier molecular flexibility index (Phi) is 3.42. The first-order valence-corrected chi connectivity index (χ1v) is 6.33. The third-order valence-corrected chi connectivity index (χ3v) is 4.88. The zero-order chi connectivity index (χ0) is 9.97. The van der Waals surface area contributed by atoms with Gasteiger partial charge >= 0.3 is 0 Å². The Balaban J connectivity index is 2.23. The van der Waals surface area contributed by atoms with Crippen LogP contribution in [0.1, 0.15) is 5.56 Å². The number of rotatable bonds is 2. The summed E-state index contributed by atoms with van der Waals surface area (Å²) in [6.45, 7) is 0.898. The maximum absolute atomic E-state index is 4.25. The van der Waals surface area contributed by atoms with E-state index in [0.29, 0.717) is 0 Å². The number of halogens is 2. The minimum atomic E-state index is 0.898. The average molecular weight is 410 g/mol. The Hall–Kier alpha value is -0.110. The van der Waals surface area contributed by atoms with Crippen molar-refractivity contribution >= 4 is 45.2 Å². The van der Waals surface area contributed by atoms with Crippen LogP contribution in [0, 0.1) is 7.40 Å². The van der Waals surface area contributed by atoms with Crippen LogP contribution in [0.25, 0.3) is 0 Å². The van der Waals surface area contributed by atoms with E-state index in [1.165, 1.54) is 9.26 Å². The highest BCUT2D eigenvalue weighted by atomic mass is 127. The first-order valence-electron chi connectivity index (χ1n) is 4.17. The molecule has 1 aromatic heterocycles. The summed E-state index contributed by atoms with van der Waals surface area (Å²) in [5, 5.41) is 0. The van der Waals surface area contributed by atoms with Gasteiger partial charge in [-0.2, -0.15) is 0 Å². The molecular formula is C10H8I2N2. The Bertz CT molecular complexity index is 423. The monoisotopic (exact) mass is 410 g/mol. The molecule has 2 nitrogen and oxygen atoms in total. The van der Waals surface area contributed by atoms with Gasteiger partial charge in [0.2, 0.25) is 0 Å². The SMILES string of the molecule is Ic1ncn(Cc2ccccc2)c1I. The molecule has 0 aliphatic carbocycles. The Morgan fingerprint density at radius 3 is 2.43 bits per heavy atom. The minimum Gasteiger partial charge on any atom is -0.321 e. The van der Waals surface area contributed by atoms with Crippen LogP contribution in [0.5, 0.6) is 0 Å². The van der Waals surface area contributed by atoms with E-state index in [1.54, 1.807) is 0 Å². The zero-order valence-electron chi connectivity index (χ0n) is 7.32. The molecule has 0 unspecified atom stereocenters. The summed E-state index contributed by atoms with van der Waals surface area (Å²) in [6.07, 6.45) is 1.89. The fourth-order valence-corrected chi connectivity index (χ4v) is 2.10. The van der Waals surface area contributed by atoms with Crippen molar-refractivity contribution in [2.24, 2.45) is 0 Å². The second-order valence-electron chi connectivity index (χ2n) is 2.94. The number of aromatic nitrogens is 2. The molecule has 14 heavy (non-hydrogen) atoms. The van der Waals surface area contributed by atoms with Crippen LogP contribution in [0.2, 0.25) is 0 Å². The van der Waals surface area contributed by atoms with Gasteiger partial charge in [-0.3, -0.25) is 0 Å². The van der Waals surface area contributed by atoms with Crippen molar-refractivity contribution in [2.45, 2.75) is 6.54 Å². The van der Waals surface area contributed by atoms with Crippen LogP contribution in [0.3, 0.4) is 0 Å². The molecule has 0 aliphatic heterocycles. The predicted octanol–water partition coefficient (Wildman–Crippen LogP) is 3.14. The largest absolute Gasteiger partial charge is 0.321 e. The molecule has 0 saturated carbocycles. The molecule has 0 amide bonds. The van der Waals surface area contributed by atoms with Crippen LogP contribution in [0.4, 0.5) is 0 Å². The maximum Gasteiger partial charge on any atom is 0.132 e. The van der Waals surface area contributed by atoms with E-state index >= 15 is 0 Å². The number of nitrogens with zero attached hydrogens (tertiary/aromatic N) is 2. The van der Waals surface area contributed by atoms with Crippen LogP contribution in [-0.4, -0.2) is 9.55 Å². The van der Waals surface area contributed by atoms with E-state index in [-0.39, 0.29) is 0 Å². The van der Waals surface area contributed by atoms with Gasteiger partial charge in [-0.25, -0.2) is 4.98 Å². The van der Waals surface area contributed by atoms with Crippen LogP contribution in [-0.2, 0) is 6.54 Å². The topological polar surface area (TPSA) is 17.8 Å².